The molecule has 0 saturated heterocycles. The third kappa shape index (κ3) is 1.62. The fourth-order valence-electron chi connectivity index (χ4n) is 2.01. The maximum absolute atomic E-state index is 12.0. The number of nitrogens with zero attached hydrogens (tertiary/aromatic N) is 3. The molecule has 0 atom stereocenters. The van der Waals surface area contributed by atoms with Crippen molar-refractivity contribution in [1.29, 1.82) is 5.26 Å². The zero-order valence-corrected chi connectivity index (χ0v) is 10.3. The van der Waals surface area contributed by atoms with Crippen LogP contribution < -0.4 is 5.56 Å². The Morgan fingerprint density at radius 3 is 2.74 bits per heavy atom. The lowest BCUT2D eigenvalue weighted by Crippen LogP contribution is -2.10. The summed E-state index contributed by atoms with van der Waals surface area (Å²) in [5, 5.41) is 9.36. The van der Waals surface area contributed by atoms with E-state index in [2.05, 4.69) is 9.97 Å². The van der Waals surface area contributed by atoms with Gasteiger partial charge in [-0.3, -0.25) is 9.36 Å². The van der Waals surface area contributed by atoms with Crippen molar-refractivity contribution >= 4 is 22.6 Å². The highest BCUT2D eigenvalue weighted by atomic mass is 35.5. The van der Waals surface area contributed by atoms with Gasteiger partial charge in [-0.05, 0) is 12.1 Å². The number of H-pyrrole nitrogens is 1. The molecular formula is C13H7ClN4O. The van der Waals surface area contributed by atoms with Crippen molar-refractivity contribution < 1.29 is 0 Å². The standard InChI is InChI=1S/C13H7ClN4O/c14-12-9(6-15)10-11(13(19)17-7-16-10)18(12)8-4-2-1-3-5-8/h1-5,7H,(H,16,17,19). The molecule has 0 aliphatic heterocycles. The van der Waals surface area contributed by atoms with Crippen molar-refractivity contribution in [3.05, 3.63) is 57.7 Å². The van der Waals surface area contributed by atoms with Gasteiger partial charge in [0.1, 0.15) is 27.8 Å². The first-order valence-electron chi connectivity index (χ1n) is 5.47. The van der Waals surface area contributed by atoms with Gasteiger partial charge >= 0.3 is 0 Å². The van der Waals surface area contributed by atoms with E-state index in [-0.39, 0.29) is 21.8 Å². The highest BCUT2D eigenvalue weighted by Crippen LogP contribution is 2.29. The highest BCUT2D eigenvalue weighted by Gasteiger charge is 2.19. The van der Waals surface area contributed by atoms with E-state index < -0.39 is 0 Å². The summed E-state index contributed by atoms with van der Waals surface area (Å²) in [5.41, 5.74) is 1.15. The Bertz CT molecular complexity index is 858. The molecule has 2 heterocycles. The Hall–Kier alpha value is -2.58. The van der Waals surface area contributed by atoms with Crippen LogP contribution in [0.5, 0.6) is 0 Å². The number of aromatic nitrogens is 3. The molecule has 3 aromatic rings. The lowest BCUT2D eigenvalue weighted by Gasteiger charge is -2.05. The summed E-state index contributed by atoms with van der Waals surface area (Å²) in [5.74, 6) is 0. The van der Waals surface area contributed by atoms with Crippen LogP contribution in [0.4, 0.5) is 0 Å². The Morgan fingerprint density at radius 2 is 2.05 bits per heavy atom. The average molecular weight is 271 g/mol. The minimum Gasteiger partial charge on any atom is -0.311 e. The maximum Gasteiger partial charge on any atom is 0.275 e. The smallest absolute Gasteiger partial charge is 0.275 e. The van der Waals surface area contributed by atoms with Crippen LogP contribution in [0.1, 0.15) is 5.56 Å². The van der Waals surface area contributed by atoms with Crippen molar-refractivity contribution in [3.8, 4) is 11.8 Å². The van der Waals surface area contributed by atoms with E-state index in [0.717, 1.165) is 0 Å². The fraction of sp³-hybridized carbons (Fsp3) is 0. The normalized spacial score (nSPS) is 10.5. The SMILES string of the molecule is N#Cc1c(Cl)n(-c2ccccc2)c2c(=O)[nH]cnc12. The minimum atomic E-state index is -0.336. The molecular weight excluding hydrogens is 264 g/mol. The van der Waals surface area contributed by atoms with Gasteiger partial charge in [-0.25, -0.2) is 4.98 Å². The molecule has 92 valence electrons. The number of nitrogens with one attached hydrogen (secondary N) is 1. The first-order chi connectivity index (χ1) is 9.24. The highest BCUT2D eigenvalue weighted by molar-refractivity contribution is 6.32. The predicted octanol–water partition coefficient (Wildman–Crippen LogP) is 2.24. The largest absolute Gasteiger partial charge is 0.311 e. The van der Waals surface area contributed by atoms with Crippen molar-refractivity contribution in [2.45, 2.75) is 0 Å². The van der Waals surface area contributed by atoms with Gasteiger partial charge in [0.25, 0.3) is 5.56 Å². The quantitative estimate of drug-likeness (QED) is 0.737. The summed E-state index contributed by atoms with van der Waals surface area (Å²) in [6.07, 6.45) is 1.26. The molecule has 0 spiro atoms. The Kier molecular flexibility index (Phi) is 2.58. The zero-order valence-electron chi connectivity index (χ0n) is 9.59. The Labute approximate surface area is 112 Å². The van der Waals surface area contributed by atoms with Crippen LogP contribution in [0.15, 0.2) is 41.5 Å². The van der Waals surface area contributed by atoms with Crippen LogP contribution in [0.25, 0.3) is 16.7 Å². The molecule has 0 amide bonds. The Morgan fingerprint density at radius 1 is 1.32 bits per heavy atom. The van der Waals surface area contributed by atoms with Crippen molar-refractivity contribution in [3.63, 3.8) is 0 Å². The number of rotatable bonds is 1. The molecule has 0 bridgehead atoms. The molecule has 3 rings (SSSR count). The van der Waals surface area contributed by atoms with Crippen LogP contribution in [0.2, 0.25) is 5.15 Å². The zero-order chi connectivity index (χ0) is 13.4. The number of aromatic amines is 1. The molecule has 0 aliphatic carbocycles. The molecule has 6 heteroatoms. The molecule has 0 unspecified atom stereocenters. The van der Waals surface area contributed by atoms with Crippen LogP contribution in [0.3, 0.4) is 0 Å². The van der Waals surface area contributed by atoms with E-state index in [9.17, 15) is 4.79 Å². The van der Waals surface area contributed by atoms with Crippen molar-refractivity contribution in [2.75, 3.05) is 0 Å². The van der Waals surface area contributed by atoms with Gasteiger partial charge < -0.3 is 4.98 Å². The monoisotopic (exact) mass is 270 g/mol. The molecule has 1 aromatic carbocycles. The third-order valence-electron chi connectivity index (χ3n) is 2.82. The van der Waals surface area contributed by atoms with Crippen LogP contribution in [-0.2, 0) is 0 Å². The summed E-state index contributed by atoms with van der Waals surface area (Å²) < 4.78 is 1.53. The summed E-state index contributed by atoms with van der Waals surface area (Å²) in [7, 11) is 0. The van der Waals surface area contributed by atoms with Crippen molar-refractivity contribution in [1.82, 2.24) is 14.5 Å². The first kappa shape index (κ1) is 11.5. The second kappa shape index (κ2) is 4.26. The molecule has 1 N–H and O–H groups in total. The topological polar surface area (TPSA) is 74.5 Å². The number of hydrogen-bond donors (Lipinski definition) is 1. The molecule has 0 radical (unpaired) electrons. The molecule has 0 aliphatic rings. The molecule has 2 aromatic heterocycles. The van der Waals surface area contributed by atoms with Gasteiger partial charge in [0.05, 0.1) is 6.33 Å². The van der Waals surface area contributed by atoms with Gasteiger partial charge in [-0.15, -0.1) is 0 Å². The molecule has 0 saturated carbocycles. The number of halogens is 1. The Balaban J connectivity index is 2.53. The molecule has 5 nitrogen and oxygen atoms in total. The number of para-hydroxylation sites is 1. The van der Waals surface area contributed by atoms with Crippen LogP contribution in [-0.4, -0.2) is 14.5 Å². The lowest BCUT2D eigenvalue weighted by molar-refractivity contribution is 1.08. The summed E-state index contributed by atoms with van der Waals surface area (Å²) >= 11 is 6.21. The van der Waals surface area contributed by atoms with Crippen LogP contribution in [0, 0.1) is 11.3 Å². The van der Waals surface area contributed by atoms with Gasteiger partial charge in [0.15, 0.2) is 0 Å². The van der Waals surface area contributed by atoms with E-state index >= 15 is 0 Å². The van der Waals surface area contributed by atoms with Gasteiger partial charge in [-0.2, -0.15) is 5.26 Å². The van der Waals surface area contributed by atoms with E-state index in [4.69, 9.17) is 16.9 Å². The third-order valence-corrected chi connectivity index (χ3v) is 3.18. The minimum absolute atomic E-state index is 0.188. The van der Waals surface area contributed by atoms with E-state index in [0.29, 0.717) is 11.2 Å². The fourth-order valence-corrected chi connectivity index (χ4v) is 2.32. The summed E-state index contributed by atoms with van der Waals surface area (Å²) in [6, 6.07) is 11.1. The van der Waals surface area contributed by atoms with E-state index in [1.807, 2.05) is 24.3 Å². The molecule has 19 heavy (non-hydrogen) atoms. The van der Waals surface area contributed by atoms with Gasteiger partial charge in [0.2, 0.25) is 0 Å². The van der Waals surface area contributed by atoms with Crippen molar-refractivity contribution in [2.24, 2.45) is 0 Å². The second-order valence-electron chi connectivity index (χ2n) is 3.88. The van der Waals surface area contributed by atoms with Crippen LogP contribution >= 0.6 is 11.6 Å². The maximum atomic E-state index is 12.0. The number of hydrogen-bond acceptors (Lipinski definition) is 3. The van der Waals surface area contributed by atoms with Gasteiger partial charge in [-0.1, -0.05) is 29.8 Å². The number of nitriles is 1. The second-order valence-corrected chi connectivity index (χ2v) is 4.24. The predicted molar refractivity (Wildman–Crippen MR) is 71.4 cm³/mol. The first-order valence-corrected chi connectivity index (χ1v) is 5.85. The van der Waals surface area contributed by atoms with E-state index in [1.54, 1.807) is 12.1 Å². The lowest BCUT2D eigenvalue weighted by atomic mass is 10.3. The molecule has 0 fully saturated rings. The summed E-state index contributed by atoms with van der Waals surface area (Å²) in [4.78, 5) is 18.5. The number of benzene rings is 1. The number of fused-ring (bicyclic) bond motifs is 1. The average Bonchev–Trinajstić information content (AvgIpc) is 2.73. The summed E-state index contributed by atoms with van der Waals surface area (Å²) in [6.45, 7) is 0. The van der Waals surface area contributed by atoms with E-state index in [1.165, 1.54) is 10.9 Å². The van der Waals surface area contributed by atoms with Gasteiger partial charge in [0, 0.05) is 5.69 Å².